The molecule has 1 aromatic carbocycles. The summed E-state index contributed by atoms with van der Waals surface area (Å²) in [4.78, 5) is 22.6. The molecule has 0 spiro atoms. The van der Waals surface area contributed by atoms with Crippen LogP contribution in [0.2, 0.25) is 0 Å². The van der Waals surface area contributed by atoms with E-state index in [1.165, 1.54) is 0 Å². The molecule has 0 saturated heterocycles. The first-order chi connectivity index (χ1) is 10.2. The summed E-state index contributed by atoms with van der Waals surface area (Å²) in [5.41, 5.74) is -0.566. The van der Waals surface area contributed by atoms with Crippen LogP contribution in [-0.2, 0) is 15.7 Å². The van der Waals surface area contributed by atoms with Gasteiger partial charge in [0.25, 0.3) is 0 Å². The van der Waals surface area contributed by atoms with Crippen LogP contribution >= 0.6 is 0 Å². The fraction of sp³-hybridized carbons (Fsp3) is 0.429. The number of alkyl halides is 3. The summed E-state index contributed by atoms with van der Waals surface area (Å²) in [6, 6.07) is 3.46. The number of hydrogen-bond donors (Lipinski definition) is 2. The van der Waals surface area contributed by atoms with Crippen LogP contribution in [0.5, 0.6) is 0 Å². The Morgan fingerprint density at radius 1 is 1.18 bits per heavy atom. The van der Waals surface area contributed by atoms with Gasteiger partial charge in [0.15, 0.2) is 0 Å². The Balaban J connectivity index is 2.35. The smallest absolute Gasteiger partial charge is 0.416 e. The van der Waals surface area contributed by atoms with E-state index in [2.05, 4.69) is 10.6 Å². The van der Waals surface area contributed by atoms with Gasteiger partial charge in [-0.1, -0.05) is 13.8 Å². The number of carbonyl (C=O) groups excluding carboxylic acids is 2. The number of halogens is 3. The average molecular weight is 318 g/mol. The zero-order valence-electron chi connectivity index (χ0n) is 12.2. The number of benzene rings is 1. The van der Waals surface area contributed by atoms with Crippen molar-refractivity contribution in [1.82, 2.24) is 5.32 Å². The predicted octanol–water partition coefficient (Wildman–Crippen LogP) is 3.03. The molecule has 8 heteroatoms. The van der Waals surface area contributed by atoms with E-state index in [0.29, 0.717) is 0 Å². The Labute approximate surface area is 125 Å². The predicted molar refractivity (Wildman–Crippen MR) is 74.3 cm³/mol. The van der Waals surface area contributed by atoms with E-state index in [0.717, 1.165) is 24.3 Å². The molecular formula is C14H17F3N2O3. The van der Waals surface area contributed by atoms with E-state index in [-0.39, 0.29) is 30.7 Å². The van der Waals surface area contributed by atoms with E-state index in [1.54, 1.807) is 13.8 Å². The van der Waals surface area contributed by atoms with Gasteiger partial charge in [-0.2, -0.15) is 13.2 Å². The minimum Gasteiger partial charge on any atom is -0.464 e. The van der Waals surface area contributed by atoms with Crippen molar-refractivity contribution >= 4 is 17.7 Å². The van der Waals surface area contributed by atoms with Crippen LogP contribution in [0.1, 0.15) is 19.4 Å². The van der Waals surface area contributed by atoms with Gasteiger partial charge in [0.05, 0.1) is 18.0 Å². The van der Waals surface area contributed by atoms with Crippen molar-refractivity contribution in [3.8, 4) is 0 Å². The van der Waals surface area contributed by atoms with Gasteiger partial charge in [-0.3, -0.25) is 4.79 Å². The lowest BCUT2D eigenvalue weighted by molar-refractivity contribution is -0.147. The minimum absolute atomic E-state index is 0.0252. The highest BCUT2D eigenvalue weighted by Gasteiger charge is 2.29. The van der Waals surface area contributed by atoms with Crippen molar-refractivity contribution in [3.05, 3.63) is 29.8 Å². The van der Waals surface area contributed by atoms with Crippen LogP contribution in [0, 0.1) is 5.92 Å². The van der Waals surface area contributed by atoms with E-state index in [4.69, 9.17) is 4.74 Å². The number of amides is 2. The minimum atomic E-state index is -4.42. The van der Waals surface area contributed by atoms with E-state index in [1.807, 2.05) is 0 Å². The second-order valence-corrected chi connectivity index (χ2v) is 4.78. The lowest BCUT2D eigenvalue weighted by atomic mass is 10.2. The molecule has 0 fully saturated rings. The van der Waals surface area contributed by atoms with E-state index in [9.17, 15) is 22.8 Å². The Kier molecular flexibility index (Phi) is 6.21. The summed E-state index contributed by atoms with van der Waals surface area (Å²) in [5, 5.41) is 4.79. The van der Waals surface area contributed by atoms with Gasteiger partial charge in [0, 0.05) is 5.69 Å². The SMILES string of the molecule is CC(C)C(=O)OCCNC(=O)Nc1ccc(C(F)(F)F)cc1. The molecule has 1 rings (SSSR count). The van der Waals surface area contributed by atoms with Crippen molar-refractivity contribution in [2.45, 2.75) is 20.0 Å². The molecule has 0 aliphatic carbocycles. The molecule has 0 heterocycles. The first-order valence-electron chi connectivity index (χ1n) is 6.59. The lowest BCUT2D eigenvalue weighted by Crippen LogP contribution is -2.32. The molecular weight excluding hydrogens is 301 g/mol. The molecule has 122 valence electrons. The van der Waals surface area contributed by atoms with Crippen LogP contribution in [0.15, 0.2) is 24.3 Å². The summed E-state index contributed by atoms with van der Waals surface area (Å²) < 4.78 is 42.0. The lowest BCUT2D eigenvalue weighted by Gasteiger charge is -2.10. The molecule has 1 aromatic rings. The topological polar surface area (TPSA) is 67.4 Å². The fourth-order valence-corrected chi connectivity index (χ4v) is 1.40. The third-order valence-electron chi connectivity index (χ3n) is 2.57. The summed E-state index contributed by atoms with van der Waals surface area (Å²) >= 11 is 0. The Hall–Kier alpha value is -2.25. The summed E-state index contributed by atoms with van der Waals surface area (Å²) in [7, 11) is 0. The van der Waals surface area contributed by atoms with Crippen molar-refractivity contribution in [3.63, 3.8) is 0 Å². The van der Waals surface area contributed by atoms with Crippen LogP contribution in [-0.4, -0.2) is 25.2 Å². The molecule has 0 aromatic heterocycles. The summed E-state index contributed by atoms with van der Waals surface area (Å²) in [6.07, 6.45) is -4.42. The highest BCUT2D eigenvalue weighted by molar-refractivity contribution is 5.89. The quantitative estimate of drug-likeness (QED) is 0.648. The molecule has 2 N–H and O–H groups in total. The van der Waals surface area contributed by atoms with E-state index >= 15 is 0 Å². The molecule has 0 atom stereocenters. The largest absolute Gasteiger partial charge is 0.464 e. The van der Waals surface area contributed by atoms with Crippen LogP contribution in [0.25, 0.3) is 0 Å². The van der Waals surface area contributed by atoms with Crippen molar-refractivity contribution in [2.75, 3.05) is 18.5 Å². The standard InChI is InChI=1S/C14H17F3N2O3/c1-9(2)12(20)22-8-7-18-13(21)19-11-5-3-10(4-6-11)14(15,16)17/h3-6,9H,7-8H2,1-2H3,(H2,18,19,21). The Morgan fingerprint density at radius 2 is 1.77 bits per heavy atom. The third-order valence-corrected chi connectivity index (χ3v) is 2.57. The van der Waals surface area contributed by atoms with Gasteiger partial charge < -0.3 is 15.4 Å². The molecule has 0 aliphatic rings. The third kappa shape index (κ3) is 6.02. The maximum Gasteiger partial charge on any atom is 0.416 e. The van der Waals surface area contributed by atoms with Crippen LogP contribution < -0.4 is 10.6 Å². The Morgan fingerprint density at radius 3 is 2.27 bits per heavy atom. The summed E-state index contributed by atoms with van der Waals surface area (Å²) in [5.74, 6) is -0.620. The molecule has 0 bridgehead atoms. The van der Waals surface area contributed by atoms with Gasteiger partial charge in [-0.15, -0.1) is 0 Å². The molecule has 5 nitrogen and oxygen atoms in total. The molecule has 0 unspecified atom stereocenters. The normalized spacial score (nSPS) is 11.2. The second-order valence-electron chi connectivity index (χ2n) is 4.78. The van der Waals surface area contributed by atoms with E-state index < -0.39 is 17.8 Å². The zero-order chi connectivity index (χ0) is 16.8. The molecule has 0 saturated carbocycles. The highest BCUT2D eigenvalue weighted by atomic mass is 19.4. The number of rotatable bonds is 5. The van der Waals surface area contributed by atoms with Gasteiger partial charge in [0.1, 0.15) is 6.61 Å². The molecule has 0 aliphatic heterocycles. The Bertz CT molecular complexity index is 513. The van der Waals surface area contributed by atoms with Crippen LogP contribution in [0.4, 0.5) is 23.7 Å². The fourth-order valence-electron chi connectivity index (χ4n) is 1.40. The molecule has 0 radical (unpaired) electrons. The summed E-state index contributed by atoms with van der Waals surface area (Å²) in [6.45, 7) is 3.50. The van der Waals surface area contributed by atoms with Gasteiger partial charge in [0.2, 0.25) is 0 Å². The first kappa shape index (κ1) is 17.8. The van der Waals surface area contributed by atoms with Crippen molar-refractivity contribution in [2.24, 2.45) is 5.92 Å². The number of urea groups is 1. The molecule has 22 heavy (non-hydrogen) atoms. The number of nitrogens with one attached hydrogen (secondary N) is 2. The van der Waals surface area contributed by atoms with Gasteiger partial charge >= 0.3 is 18.2 Å². The highest BCUT2D eigenvalue weighted by Crippen LogP contribution is 2.29. The monoisotopic (exact) mass is 318 g/mol. The second kappa shape index (κ2) is 7.67. The van der Waals surface area contributed by atoms with Crippen molar-refractivity contribution < 1.29 is 27.5 Å². The van der Waals surface area contributed by atoms with Gasteiger partial charge in [-0.25, -0.2) is 4.79 Å². The van der Waals surface area contributed by atoms with Crippen molar-refractivity contribution in [1.29, 1.82) is 0 Å². The van der Waals surface area contributed by atoms with Gasteiger partial charge in [-0.05, 0) is 24.3 Å². The number of esters is 1. The average Bonchev–Trinajstić information content (AvgIpc) is 2.42. The number of anilines is 1. The zero-order valence-corrected chi connectivity index (χ0v) is 12.2. The maximum atomic E-state index is 12.4. The molecule has 2 amide bonds. The van der Waals surface area contributed by atoms with Crippen LogP contribution in [0.3, 0.4) is 0 Å². The number of ether oxygens (including phenoxy) is 1. The maximum absolute atomic E-state index is 12.4. The first-order valence-corrected chi connectivity index (χ1v) is 6.59. The number of hydrogen-bond acceptors (Lipinski definition) is 3. The number of carbonyl (C=O) groups is 2.